The van der Waals surface area contributed by atoms with E-state index in [2.05, 4.69) is 15.5 Å². The summed E-state index contributed by atoms with van der Waals surface area (Å²) in [5.74, 6) is -0.167. The first-order chi connectivity index (χ1) is 11.2. The highest BCUT2D eigenvalue weighted by Gasteiger charge is 2.23. The predicted molar refractivity (Wildman–Crippen MR) is 96.6 cm³/mol. The zero-order valence-corrected chi connectivity index (χ0v) is 13.5. The van der Waals surface area contributed by atoms with E-state index in [1.807, 2.05) is 48.5 Å². The van der Waals surface area contributed by atoms with Gasteiger partial charge in [-0.3, -0.25) is 10.1 Å². The van der Waals surface area contributed by atoms with Crippen molar-refractivity contribution >= 4 is 46.7 Å². The van der Waals surface area contributed by atoms with Gasteiger partial charge in [0.05, 0.1) is 11.1 Å². The molecule has 1 N–H and O–H groups in total. The Morgan fingerprint density at radius 3 is 2.48 bits per heavy atom. The van der Waals surface area contributed by atoms with Gasteiger partial charge in [-0.25, -0.2) is 0 Å². The molecule has 0 spiro atoms. The Balaban J connectivity index is 1.69. The molecule has 114 valence electrons. The highest BCUT2D eigenvalue weighted by molar-refractivity contribution is 8.18. The number of thioether (sulfide) groups is 1. The quantitative estimate of drug-likeness (QED) is 0.522. The number of nitrogens with zero attached hydrogens (tertiary/aromatic N) is 2. The summed E-state index contributed by atoms with van der Waals surface area (Å²) >= 11 is 7.09. The van der Waals surface area contributed by atoms with Gasteiger partial charge in [-0.1, -0.05) is 54.1 Å². The Hall–Kier alpha value is -2.37. The molecule has 1 heterocycles. The molecule has 2 aromatic rings. The minimum absolute atomic E-state index is 0.167. The van der Waals surface area contributed by atoms with Crippen LogP contribution in [0.3, 0.4) is 0 Å². The average molecular weight is 342 g/mol. The molecule has 0 bridgehead atoms. The topological polar surface area (TPSA) is 53.8 Å². The fourth-order valence-electron chi connectivity index (χ4n) is 1.87. The van der Waals surface area contributed by atoms with Gasteiger partial charge in [-0.05, 0) is 41.1 Å². The number of nitrogens with one attached hydrogen (secondary N) is 1. The van der Waals surface area contributed by atoms with Gasteiger partial charge in [0.1, 0.15) is 0 Å². The van der Waals surface area contributed by atoms with Crippen LogP contribution in [0.4, 0.5) is 0 Å². The third-order valence-electron chi connectivity index (χ3n) is 2.97. The molecule has 23 heavy (non-hydrogen) atoms. The standard InChI is InChI=1S/C17H12ClN3OS/c18-14-8-6-13(7-9-14)11-19-21-17-20-16(22)15(23-17)10-12-4-2-1-3-5-12/h1-11H,(H,20,21,22)/b15-10+,19-11+. The van der Waals surface area contributed by atoms with Crippen LogP contribution in [-0.2, 0) is 4.79 Å². The highest BCUT2D eigenvalue weighted by Crippen LogP contribution is 2.25. The molecular formula is C17H12ClN3OS. The monoisotopic (exact) mass is 341 g/mol. The number of hydrogen-bond acceptors (Lipinski definition) is 4. The summed E-state index contributed by atoms with van der Waals surface area (Å²) in [7, 11) is 0. The second kappa shape index (κ2) is 7.26. The zero-order chi connectivity index (χ0) is 16.1. The van der Waals surface area contributed by atoms with Gasteiger partial charge in [-0.15, -0.1) is 5.10 Å². The van der Waals surface area contributed by atoms with Crippen molar-refractivity contribution in [1.29, 1.82) is 0 Å². The van der Waals surface area contributed by atoms with Crippen molar-refractivity contribution in [3.8, 4) is 0 Å². The maximum absolute atomic E-state index is 11.9. The Kier molecular flexibility index (Phi) is 4.90. The molecule has 0 radical (unpaired) electrons. The first kappa shape index (κ1) is 15.5. The van der Waals surface area contributed by atoms with Crippen molar-refractivity contribution in [1.82, 2.24) is 5.32 Å². The van der Waals surface area contributed by atoms with Gasteiger partial charge >= 0.3 is 0 Å². The molecule has 4 nitrogen and oxygen atoms in total. The van der Waals surface area contributed by atoms with Crippen LogP contribution in [0.5, 0.6) is 0 Å². The van der Waals surface area contributed by atoms with Crippen molar-refractivity contribution in [3.05, 3.63) is 75.7 Å². The third-order valence-corrected chi connectivity index (χ3v) is 4.13. The minimum Gasteiger partial charge on any atom is -0.299 e. The Labute approximate surface area is 143 Å². The number of rotatable bonds is 3. The van der Waals surface area contributed by atoms with Gasteiger partial charge in [0, 0.05) is 5.02 Å². The van der Waals surface area contributed by atoms with Crippen LogP contribution in [-0.4, -0.2) is 17.3 Å². The van der Waals surface area contributed by atoms with Crippen LogP contribution in [0.1, 0.15) is 11.1 Å². The van der Waals surface area contributed by atoms with Crippen LogP contribution in [0.2, 0.25) is 5.02 Å². The predicted octanol–water partition coefficient (Wildman–Crippen LogP) is 3.93. The van der Waals surface area contributed by atoms with E-state index in [0.717, 1.165) is 11.1 Å². The number of amidine groups is 1. The van der Waals surface area contributed by atoms with E-state index in [1.165, 1.54) is 11.8 Å². The lowest BCUT2D eigenvalue weighted by molar-refractivity contribution is -0.115. The smallest absolute Gasteiger partial charge is 0.264 e. The van der Waals surface area contributed by atoms with E-state index in [0.29, 0.717) is 15.1 Å². The summed E-state index contributed by atoms with van der Waals surface area (Å²) in [6.07, 6.45) is 3.43. The SMILES string of the molecule is O=C1N/C(=N\N=C\c2ccc(Cl)cc2)S/C1=C/c1ccccc1. The molecule has 3 rings (SSSR count). The third kappa shape index (κ3) is 4.31. The lowest BCUT2D eigenvalue weighted by atomic mass is 10.2. The van der Waals surface area contributed by atoms with E-state index >= 15 is 0 Å². The minimum atomic E-state index is -0.167. The summed E-state index contributed by atoms with van der Waals surface area (Å²) in [5.41, 5.74) is 1.85. The fourth-order valence-corrected chi connectivity index (χ4v) is 2.78. The largest absolute Gasteiger partial charge is 0.299 e. The second-order valence-corrected chi connectivity index (χ2v) is 6.14. The first-order valence-electron chi connectivity index (χ1n) is 6.83. The van der Waals surface area contributed by atoms with Gasteiger partial charge < -0.3 is 0 Å². The Bertz CT molecular complexity index is 798. The van der Waals surface area contributed by atoms with Crippen LogP contribution in [0, 0.1) is 0 Å². The molecule has 0 atom stereocenters. The van der Waals surface area contributed by atoms with E-state index in [9.17, 15) is 4.79 Å². The first-order valence-corrected chi connectivity index (χ1v) is 8.03. The number of halogens is 1. The van der Waals surface area contributed by atoms with Gasteiger partial charge in [0.25, 0.3) is 5.91 Å². The summed E-state index contributed by atoms with van der Waals surface area (Å²) in [6.45, 7) is 0. The maximum Gasteiger partial charge on any atom is 0.264 e. The zero-order valence-electron chi connectivity index (χ0n) is 11.9. The maximum atomic E-state index is 11.9. The molecule has 1 aliphatic rings. The van der Waals surface area contributed by atoms with E-state index in [-0.39, 0.29) is 5.91 Å². The second-order valence-electron chi connectivity index (χ2n) is 4.68. The Morgan fingerprint density at radius 1 is 1.00 bits per heavy atom. The van der Waals surface area contributed by atoms with Crippen LogP contribution < -0.4 is 5.32 Å². The summed E-state index contributed by atoms with van der Waals surface area (Å²) in [4.78, 5) is 12.5. The van der Waals surface area contributed by atoms with E-state index in [4.69, 9.17) is 11.6 Å². The van der Waals surface area contributed by atoms with Crippen molar-refractivity contribution in [2.45, 2.75) is 0 Å². The number of benzene rings is 2. The average Bonchev–Trinajstić information content (AvgIpc) is 2.90. The molecule has 1 fully saturated rings. The molecule has 1 aliphatic heterocycles. The molecule has 1 amide bonds. The summed E-state index contributed by atoms with van der Waals surface area (Å²) in [5, 5.41) is 11.8. The Morgan fingerprint density at radius 2 is 1.74 bits per heavy atom. The van der Waals surface area contributed by atoms with Crippen molar-refractivity contribution in [2.75, 3.05) is 0 Å². The van der Waals surface area contributed by atoms with Gasteiger partial charge in [0.2, 0.25) is 0 Å². The number of hydrogen-bond donors (Lipinski definition) is 1. The van der Waals surface area contributed by atoms with Crippen LogP contribution in [0.15, 0.2) is 69.7 Å². The van der Waals surface area contributed by atoms with E-state index in [1.54, 1.807) is 18.3 Å². The highest BCUT2D eigenvalue weighted by atomic mass is 35.5. The number of carbonyl (C=O) groups is 1. The lowest BCUT2D eigenvalue weighted by Gasteiger charge is -1.93. The molecule has 6 heteroatoms. The number of amides is 1. The van der Waals surface area contributed by atoms with Gasteiger partial charge in [-0.2, -0.15) is 5.10 Å². The van der Waals surface area contributed by atoms with Gasteiger partial charge in [0.15, 0.2) is 5.17 Å². The molecule has 2 aromatic carbocycles. The normalized spacial score (nSPS) is 18.0. The van der Waals surface area contributed by atoms with Crippen molar-refractivity contribution < 1.29 is 4.79 Å². The summed E-state index contributed by atoms with van der Waals surface area (Å²) < 4.78 is 0. The fraction of sp³-hybridized carbons (Fsp3) is 0. The molecule has 0 unspecified atom stereocenters. The van der Waals surface area contributed by atoms with Crippen molar-refractivity contribution in [3.63, 3.8) is 0 Å². The van der Waals surface area contributed by atoms with Crippen molar-refractivity contribution in [2.24, 2.45) is 10.2 Å². The molecule has 0 aromatic heterocycles. The molecule has 0 aliphatic carbocycles. The molecule has 1 saturated heterocycles. The van der Waals surface area contributed by atoms with E-state index < -0.39 is 0 Å². The lowest BCUT2D eigenvalue weighted by Crippen LogP contribution is -2.19. The van der Waals surface area contributed by atoms with Crippen LogP contribution >= 0.6 is 23.4 Å². The van der Waals surface area contributed by atoms with Crippen LogP contribution in [0.25, 0.3) is 6.08 Å². The number of carbonyl (C=O) groups excluding carboxylic acids is 1. The molecule has 0 saturated carbocycles. The summed E-state index contributed by atoms with van der Waals surface area (Å²) in [6, 6.07) is 16.9. The molecular weight excluding hydrogens is 330 g/mol.